The maximum atomic E-state index is 8.69. The summed E-state index contributed by atoms with van der Waals surface area (Å²) < 4.78 is 2.09. The molecule has 6 heteroatoms. The summed E-state index contributed by atoms with van der Waals surface area (Å²) in [6.07, 6.45) is 3.03. The quantitative estimate of drug-likeness (QED) is 0.547. The molecule has 0 fully saturated rings. The lowest BCUT2D eigenvalue weighted by molar-refractivity contribution is 0.284. The van der Waals surface area contributed by atoms with Crippen LogP contribution in [0.25, 0.3) is 0 Å². The van der Waals surface area contributed by atoms with Crippen molar-refractivity contribution in [3.05, 3.63) is 5.82 Å². The first kappa shape index (κ1) is 14.5. The first-order valence-electron chi connectivity index (χ1n) is 6.08. The van der Waals surface area contributed by atoms with Crippen molar-refractivity contribution in [2.24, 2.45) is 5.73 Å². The van der Waals surface area contributed by atoms with Gasteiger partial charge >= 0.3 is 0 Å². The second-order valence-corrected chi connectivity index (χ2v) is 5.26. The van der Waals surface area contributed by atoms with Gasteiger partial charge in [0, 0.05) is 18.4 Å². The van der Waals surface area contributed by atoms with Gasteiger partial charge in [-0.15, -0.1) is 10.2 Å². The second-order valence-electron chi connectivity index (χ2n) is 4.20. The topological polar surface area (TPSA) is 77.0 Å². The Kier molecular flexibility index (Phi) is 6.54. The van der Waals surface area contributed by atoms with E-state index >= 15 is 0 Å². The zero-order valence-corrected chi connectivity index (χ0v) is 11.4. The van der Waals surface area contributed by atoms with E-state index in [4.69, 9.17) is 10.8 Å². The van der Waals surface area contributed by atoms with Gasteiger partial charge in [-0.1, -0.05) is 18.2 Å². The van der Waals surface area contributed by atoms with Crippen molar-refractivity contribution in [1.82, 2.24) is 14.8 Å². The molecule has 98 valence electrons. The molecule has 1 heterocycles. The van der Waals surface area contributed by atoms with Gasteiger partial charge in [0.2, 0.25) is 0 Å². The number of hydrogen-bond acceptors (Lipinski definition) is 5. The van der Waals surface area contributed by atoms with Crippen LogP contribution in [-0.2, 0) is 6.54 Å². The number of thioether (sulfide) groups is 1. The minimum atomic E-state index is 0.282. The molecule has 3 N–H and O–H groups in total. The zero-order chi connectivity index (χ0) is 12.7. The second kappa shape index (κ2) is 7.68. The molecule has 0 aliphatic carbocycles. The summed E-state index contributed by atoms with van der Waals surface area (Å²) in [5.74, 6) is 1.85. The van der Waals surface area contributed by atoms with Crippen LogP contribution in [-0.4, -0.2) is 32.2 Å². The van der Waals surface area contributed by atoms with E-state index in [1.165, 1.54) is 0 Å². The van der Waals surface area contributed by atoms with Crippen LogP contribution in [0.3, 0.4) is 0 Å². The molecule has 17 heavy (non-hydrogen) atoms. The third kappa shape index (κ3) is 4.29. The largest absolute Gasteiger partial charge is 0.396 e. The van der Waals surface area contributed by atoms with Gasteiger partial charge in [0.1, 0.15) is 5.82 Å². The van der Waals surface area contributed by atoms with E-state index < -0.39 is 0 Å². The lowest BCUT2D eigenvalue weighted by atomic mass is 10.3. The van der Waals surface area contributed by atoms with Crippen molar-refractivity contribution < 1.29 is 5.11 Å². The molecule has 0 saturated carbocycles. The molecule has 1 aromatic heterocycles. The first-order chi connectivity index (χ1) is 8.20. The molecule has 0 bridgehead atoms. The van der Waals surface area contributed by atoms with Crippen LogP contribution in [0.15, 0.2) is 5.16 Å². The standard InChI is InChI=1S/C11H22N4OS/c1-9(2)15-10(8-12)13-14-11(15)17-7-5-3-4-6-16/h9,16H,3-8,12H2,1-2H3. The highest BCUT2D eigenvalue weighted by molar-refractivity contribution is 7.99. The molecule has 0 amide bonds. The van der Waals surface area contributed by atoms with Crippen molar-refractivity contribution in [3.63, 3.8) is 0 Å². The molecule has 1 aromatic rings. The fraction of sp³-hybridized carbons (Fsp3) is 0.818. The SMILES string of the molecule is CC(C)n1c(CN)nnc1SCCCCCO. The van der Waals surface area contributed by atoms with Crippen LogP contribution in [0.5, 0.6) is 0 Å². The van der Waals surface area contributed by atoms with Crippen molar-refractivity contribution in [2.45, 2.75) is 50.9 Å². The van der Waals surface area contributed by atoms with Crippen LogP contribution >= 0.6 is 11.8 Å². The number of unbranched alkanes of at least 4 members (excludes halogenated alkanes) is 2. The number of aliphatic hydroxyl groups is 1. The summed E-state index contributed by atoms with van der Waals surface area (Å²) in [5, 5.41) is 17.9. The highest BCUT2D eigenvalue weighted by atomic mass is 32.2. The molecule has 0 saturated heterocycles. The summed E-state index contributed by atoms with van der Waals surface area (Å²) in [7, 11) is 0. The van der Waals surface area contributed by atoms with Gasteiger partial charge in [0.25, 0.3) is 0 Å². The summed E-state index contributed by atoms with van der Waals surface area (Å²) in [4.78, 5) is 0. The molecule has 5 nitrogen and oxygen atoms in total. The van der Waals surface area contributed by atoms with Gasteiger partial charge in [-0.2, -0.15) is 0 Å². The van der Waals surface area contributed by atoms with Gasteiger partial charge in [0.15, 0.2) is 5.16 Å². The van der Waals surface area contributed by atoms with E-state index in [1.807, 2.05) is 0 Å². The molecule has 0 atom stereocenters. The Balaban J connectivity index is 2.50. The molecule has 0 unspecified atom stereocenters. The molecular weight excluding hydrogens is 236 g/mol. The average molecular weight is 258 g/mol. The lowest BCUT2D eigenvalue weighted by Gasteiger charge is -2.12. The van der Waals surface area contributed by atoms with Crippen LogP contribution < -0.4 is 5.73 Å². The van der Waals surface area contributed by atoms with Crippen LogP contribution in [0.1, 0.15) is 45.0 Å². The molecular formula is C11H22N4OS. The normalized spacial score (nSPS) is 11.4. The first-order valence-corrected chi connectivity index (χ1v) is 7.06. The highest BCUT2D eigenvalue weighted by Gasteiger charge is 2.13. The van der Waals surface area contributed by atoms with Crippen LogP contribution in [0.2, 0.25) is 0 Å². The monoisotopic (exact) mass is 258 g/mol. The maximum Gasteiger partial charge on any atom is 0.191 e. The van der Waals surface area contributed by atoms with Gasteiger partial charge in [-0.05, 0) is 26.7 Å². The molecule has 0 aliphatic heterocycles. The van der Waals surface area contributed by atoms with Gasteiger partial charge in [-0.25, -0.2) is 0 Å². The minimum absolute atomic E-state index is 0.282. The average Bonchev–Trinajstić information content (AvgIpc) is 2.72. The van der Waals surface area contributed by atoms with E-state index in [-0.39, 0.29) is 6.61 Å². The smallest absolute Gasteiger partial charge is 0.191 e. The minimum Gasteiger partial charge on any atom is -0.396 e. The summed E-state index contributed by atoms with van der Waals surface area (Å²) in [5.41, 5.74) is 5.64. The number of aromatic nitrogens is 3. The summed E-state index contributed by atoms with van der Waals surface area (Å²) >= 11 is 1.71. The third-order valence-corrected chi connectivity index (χ3v) is 3.50. The van der Waals surface area contributed by atoms with Crippen molar-refractivity contribution in [1.29, 1.82) is 0 Å². The molecule has 1 rings (SSSR count). The predicted octanol–water partition coefficient (Wildman–Crippen LogP) is 1.57. The molecule has 0 spiro atoms. The van der Waals surface area contributed by atoms with Crippen molar-refractivity contribution >= 4 is 11.8 Å². The van der Waals surface area contributed by atoms with Crippen LogP contribution in [0.4, 0.5) is 0 Å². The van der Waals surface area contributed by atoms with Gasteiger partial charge < -0.3 is 15.4 Å². The van der Waals surface area contributed by atoms with E-state index in [9.17, 15) is 0 Å². The third-order valence-electron chi connectivity index (χ3n) is 2.47. The van der Waals surface area contributed by atoms with Crippen molar-refractivity contribution in [3.8, 4) is 0 Å². The Morgan fingerprint density at radius 2 is 2.06 bits per heavy atom. The summed E-state index contributed by atoms with van der Waals surface area (Å²) in [6, 6.07) is 0.337. The molecule has 0 aliphatic rings. The maximum absolute atomic E-state index is 8.69. The zero-order valence-electron chi connectivity index (χ0n) is 10.6. The van der Waals surface area contributed by atoms with Gasteiger partial charge in [0.05, 0.1) is 6.54 Å². The number of rotatable bonds is 8. The van der Waals surface area contributed by atoms with Gasteiger partial charge in [-0.3, -0.25) is 0 Å². The van der Waals surface area contributed by atoms with E-state index in [1.54, 1.807) is 11.8 Å². The lowest BCUT2D eigenvalue weighted by Crippen LogP contribution is -2.11. The fourth-order valence-electron chi connectivity index (χ4n) is 1.62. The van der Waals surface area contributed by atoms with E-state index in [2.05, 4.69) is 28.6 Å². The van der Waals surface area contributed by atoms with E-state index in [0.29, 0.717) is 12.6 Å². The number of hydrogen-bond donors (Lipinski definition) is 2. The summed E-state index contributed by atoms with van der Waals surface area (Å²) in [6.45, 7) is 4.93. The Morgan fingerprint density at radius 1 is 1.29 bits per heavy atom. The molecule has 0 aromatic carbocycles. The predicted molar refractivity (Wildman–Crippen MR) is 70.0 cm³/mol. The fourth-order valence-corrected chi connectivity index (χ4v) is 2.70. The Bertz CT molecular complexity index is 327. The number of nitrogens with zero attached hydrogens (tertiary/aromatic N) is 3. The van der Waals surface area contributed by atoms with E-state index in [0.717, 1.165) is 36.0 Å². The Hall–Kier alpha value is -0.590. The number of nitrogens with two attached hydrogens (primary N) is 1. The van der Waals surface area contributed by atoms with Crippen molar-refractivity contribution in [2.75, 3.05) is 12.4 Å². The van der Waals surface area contributed by atoms with Crippen LogP contribution in [0, 0.1) is 0 Å². The Labute approximate surface area is 107 Å². The Morgan fingerprint density at radius 3 is 2.65 bits per heavy atom. The highest BCUT2D eigenvalue weighted by Crippen LogP contribution is 2.22. The number of aliphatic hydroxyl groups excluding tert-OH is 1. The molecule has 0 radical (unpaired) electrons.